The molecule has 0 fully saturated rings. The zero-order valence-corrected chi connectivity index (χ0v) is 9.14. The van der Waals surface area contributed by atoms with Crippen LogP contribution in [0.1, 0.15) is 11.4 Å². The molecule has 1 aromatic heterocycles. The van der Waals surface area contributed by atoms with E-state index in [1.54, 1.807) is 0 Å². The predicted molar refractivity (Wildman–Crippen MR) is 58.3 cm³/mol. The molecule has 0 radical (unpaired) electrons. The van der Waals surface area contributed by atoms with Gasteiger partial charge in [-0.3, -0.25) is 0 Å². The number of aromatic nitrogens is 2. The molecule has 1 heterocycles. The third-order valence-corrected chi connectivity index (χ3v) is 2.81. The molecule has 0 aliphatic carbocycles. The van der Waals surface area contributed by atoms with Crippen LogP contribution >= 0.6 is 22.6 Å². The van der Waals surface area contributed by atoms with Gasteiger partial charge in [0.25, 0.3) is 0 Å². The largest absolute Gasteiger partial charge is 0.341 e. The van der Waals surface area contributed by atoms with Crippen molar-refractivity contribution in [1.29, 1.82) is 0 Å². The summed E-state index contributed by atoms with van der Waals surface area (Å²) in [6.07, 6.45) is 0. The molecule has 62 valence electrons. The van der Waals surface area contributed by atoms with Crippen molar-refractivity contribution in [2.75, 3.05) is 0 Å². The first kappa shape index (κ1) is 8.04. The predicted octanol–water partition coefficient (Wildman–Crippen LogP) is 2.78. The molecule has 0 atom stereocenters. The van der Waals surface area contributed by atoms with Gasteiger partial charge in [0.1, 0.15) is 5.82 Å². The van der Waals surface area contributed by atoms with E-state index in [9.17, 15) is 0 Å². The van der Waals surface area contributed by atoms with Crippen molar-refractivity contribution in [3.8, 4) is 0 Å². The number of nitrogens with one attached hydrogen (secondary N) is 1. The maximum atomic E-state index is 4.41. The Labute approximate surface area is 84.5 Å². The second-order valence-corrected chi connectivity index (χ2v) is 4.07. The van der Waals surface area contributed by atoms with Crippen LogP contribution in [0.3, 0.4) is 0 Å². The first-order chi connectivity index (χ1) is 5.68. The van der Waals surface area contributed by atoms with Crippen LogP contribution in [0.4, 0.5) is 0 Å². The smallest absolute Gasteiger partial charge is 0.104 e. The van der Waals surface area contributed by atoms with Crippen LogP contribution in [-0.4, -0.2) is 9.97 Å². The summed E-state index contributed by atoms with van der Waals surface area (Å²) in [5.41, 5.74) is 3.49. The quantitative estimate of drug-likeness (QED) is 0.734. The molecule has 0 saturated heterocycles. The summed E-state index contributed by atoms with van der Waals surface area (Å²) in [4.78, 5) is 7.66. The number of rotatable bonds is 0. The van der Waals surface area contributed by atoms with E-state index in [1.165, 1.54) is 9.13 Å². The normalized spacial score (nSPS) is 10.9. The lowest BCUT2D eigenvalue weighted by Gasteiger charge is -1.95. The highest BCUT2D eigenvalue weighted by Crippen LogP contribution is 2.21. The summed E-state index contributed by atoms with van der Waals surface area (Å²) < 4.78 is 1.23. The Kier molecular flexibility index (Phi) is 1.83. The standard InChI is InChI=1S/C9H9IN2/c1-5-3-4-7(10)9-8(5)11-6(2)12-9/h3-4H,1-2H3,(H,11,12). The monoisotopic (exact) mass is 272 g/mol. The average Bonchev–Trinajstić information content (AvgIpc) is 2.41. The van der Waals surface area contributed by atoms with Crippen LogP contribution in [0, 0.1) is 17.4 Å². The SMILES string of the molecule is Cc1nc2c(C)ccc(I)c2[nH]1. The molecule has 0 saturated carbocycles. The highest BCUT2D eigenvalue weighted by Gasteiger charge is 2.04. The first-order valence-corrected chi connectivity index (χ1v) is 4.88. The third kappa shape index (κ3) is 1.12. The average molecular weight is 272 g/mol. The van der Waals surface area contributed by atoms with Crippen LogP contribution < -0.4 is 0 Å². The molecule has 0 spiro atoms. The lowest BCUT2D eigenvalue weighted by atomic mass is 10.2. The van der Waals surface area contributed by atoms with E-state index in [-0.39, 0.29) is 0 Å². The number of aryl methyl sites for hydroxylation is 2. The van der Waals surface area contributed by atoms with Crippen molar-refractivity contribution in [1.82, 2.24) is 9.97 Å². The molecule has 12 heavy (non-hydrogen) atoms. The maximum Gasteiger partial charge on any atom is 0.104 e. The van der Waals surface area contributed by atoms with Gasteiger partial charge in [-0.25, -0.2) is 4.98 Å². The summed E-state index contributed by atoms with van der Waals surface area (Å²) in [6, 6.07) is 4.21. The number of hydrogen-bond acceptors (Lipinski definition) is 1. The Morgan fingerprint density at radius 3 is 2.75 bits per heavy atom. The Morgan fingerprint density at radius 2 is 2.08 bits per heavy atom. The summed E-state index contributed by atoms with van der Waals surface area (Å²) in [7, 11) is 0. The van der Waals surface area contributed by atoms with Crippen LogP contribution in [0.2, 0.25) is 0 Å². The fourth-order valence-electron chi connectivity index (χ4n) is 1.31. The summed E-state index contributed by atoms with van der Waals surface area (Å²) >= 11 is 2.32. The molecule has 1 aromatic carbocycles. The molecule has 1 N–H and O–H groups in total. The number of halogens is 1. The van der Waals surface area contributed by atoms with Gasteiger partial charge >= 0.3 is 0 Å². The fraction of sp³-hybridized carbons (Fsp3) is 0.222. The van der Waals surface area contributed by atoms with Gasteiger partial charge in [-0.2, -0.15) is 0 Å². The number of hydrogen-bond donors (Lipinski definition) is 1. The van der Waals surface area contributed by atoms with Gasteiger partial charge in [-0.1, -0.05) is 6.07 Å². The second-order valence-electron chi connectivity index (χ2n) is 2.91. The van der Waals surface area contributed by atoms with Crippen LogP contribution in [-0.2, 0) is 0 Å². The van der Waals surface area contributed by atoms with E-state index >= 15 is 0 Å². The Bertz CT molecular complexity index is 392. The molecule has 2 rings (SSSR count). The minimum absolute atomic E-state index is 0.984. The van der Waals surface area contributed by atoms with Gasteiger partial charge in [0, 0.05) is 3.57 Å². The molecule has 0 aliphatic rings. The molecule has 0 unspecified atom stereocenters. The first-order valence-electron chi connectivity index (χ1n) is 3.80. The second kappa shape index (κ2) is 2.73. The van der Waals surface area contributed by atoms with Gasteiger partial charge in [0.2, 0.25) is 0 Å². The van der Waals surface area contributed by atoms with Crippen molar-refractivity contribution in [3.05, 3.63) is 27.1 Å². The van der Waals surface area contributed by atoms with E-state index in [0.717, 1.165) is 16.9 Å². The molecule has 2 nitrogen and oxygen atoms in total. The summed E-state index contributed by atoms with van der Waals surface area (Å²) in [5, 5.41) is 0. The number of aromatic amines is 1. The van der Waals surface area contributed by atoms with E-state index < -0.39 is 0 Å². The van der Waals surface area contributed by atoms with Gasteiger partial charge in [-0.15, -0.1) is 0 Å². The van der Waals surface area contributed by atoms with E-state index in [1.807, 2.05) is 6.92 Å². The molecule has 3 heteroatoms. The number of fused-ring (bicyclic) bond motifs is 1. The van der Waals surface area contributed by atoms with Crippen molar-refractivity contribution in [2.45, 2.75) is 13.8 Å². The molecule has 0 aliphatic heterocycles. The van der Waals surface area contributed by atoms with Gasteiger partial charge in [0.15, 0.2) is 0 Å². The molecule has 2 aromatic rings. The fourth-order valence-corrected chi connectivity index (χ4v) is 1.88. The number of nitrogens with zero attached hydrogens (tertiary/aromatic N) is 1. The Morgan fingerprint density at radius 1 is 1.33 bits per heavy atom. The van der Waals surface area contributed by atoms with Crippen LogP contribution in [0.25, 0.3) is 11.0 Å². The van der Waals surface area contributed by atoms with Crippen LogP contribution in [0.5, 0.6) is 0 Å². The Hall–Kier alpha value is -0.580. The lowest BCUT2D eigenvalue weighted by molar-refractivity contribution is 1.17. The lowest BCUT2D eigenvalue weighted by Crippen LogP contribution is -1.79. The highest BCUT2D eigenvalue weighted by molar-refractivity contribution is 14.1. The number of benzene rings is 1. The third-order valence-electron chi connectivity index (χ3n) is 1.91. The number of H-pyrrole nitrogens is 1. The van der Waals surface area contributed by atoms with Crippen molar-refractivity contribution in [2.24, 2.45) is 0 Å². The van der Waals surface area contributed by atoms with Gasteiger partial charge in [0.05, 0.1) is 11.0 Å². The van der Waals surface area contributed by atoms with Crippen LogP contribution in [0.15, 0.2) is 12.1 Å². The highest BCUT2D eigenvalue weighted by atomic mass is 127. The Balaban J connectivity index is 2.93. The maximum absolute atomic E-state index is 4.41. The summed E-state index contributed by atoms with van der Waals surface area (Å²) in [6.45, 7) is 4.06. The summed E-state index contributed by atoms with van der Waals surface area (Å²) in [5.74, 6) is 0.984. The van der Waals surface area contributed by atoms with E-state index in [0.29, 0.717) is 0 Å². The molecular weight excluding hydrogens is 263 g/mol. The molecular formula is C9H9IN2. The van der Waals surface area contributed by atoms with Crippen molar-refractivity contribution in [3.63, 3.8) is 0 Å². The zero-order valence-electron chi connectivity index (χ0n) is 6.98. The molecule has 0 amide bonds. The van der Waals surface area contributed by atoms with Gasteiger partial charge in [-0.05, 0) is 48.1 Å². The zero-order chi connectivity index (χ0) is 8.72. The molecule has 0 bridgehead atoms. The minimum Gasteiger partial charge on any atom is -0.341 e. The van der Waals surface area contributed by atoms with Gasteiger partial charge < -0.3 is 4.98 Å². The van der Waals surface area contributed by atoms with E-state index in [4.69, 9.17) is 0 Å². The topological polar surface area (TPSA) is 28.7 Å². The number of imidazole rings is 1. The minimum atomic E-state index is 0.984. The van der Waals surface area contributed by atoms with E-state index in [2.05, 4.69) is 51.6 Å². The van der Waals surface area contributed by atoms with Crippen molar-refractivity contribution < 1.29 is 0 Å². The van der Waals surface area contributed by atoms with Crippen molar-refractivity contribution >= 4 is 33.6 Å².